The minimum absolute atomic E-state index is 0.00956. The third kappa shape index (κ3) is 2.19. The van der Waals surface area contributed by atoms with Crippen LogP contribution in [0.5, 0.6) is 0 Å². The minimum Gasteiger partial charge on any atom is -0.354 e. The lowest BCUT2D eigenvalue weighted by molar-refractivity contribution is -0.122. The normalized spacial score (nSPS) is 26.1. The summed E-state index contributed by atoms with van der Waals surface area (Å²) in [6.07, 6.45) is 1.10. The number of thioether (sulfide) groups is 1. The van der Waals surface area contributed by atoms with Gasteiger partial charge in [0.25, 0.3) is 0 Å². The Bertz CT molecular complexity index is 429. The van der Waals surface area contributed by atoms with Crippen molar-refractivity contribution >= 4 is 17.7 Å². The van der Waals surface area contributed by atoms with Crippen molar-refractivity contribution in [3.63, 3.8) is 0 Å². The fourth-order valence-electron chi connectivity index (χ4n) is 2.46. The van der Waals surface area contributed by atoms with Gasteiger partial charge < -0.3 is 5.32 Å². The number of hydrogen-bond acceptors (Lipinski definition) is 3. The summed E-state index contributed by atoms with van der Waals surface area (Å²) in [5, 5.41) is 6.24. The number of amides is 1. The molecule has 4 heteroatoms. The average molecular weight is 248 g/mol. The Hall–Kier alpha value is -1.00. The van der Waals surface area contributed by atoms with Crippen molar-refractivity contribution in [1.82, 2.24) is 10.6 Å². The average Bonchev–Trinajstić information content (AvgIpc) is 2.83. The summed E-state index contributed by atoms with van der Waals surface area (Å²) in [5.41, 5.74) is 2.84. The molecule has 2 aliphatic rings. The maximum Gasteiger partial charge on any atom is 0.238 e. The van der Waals surface area contributed by atoms with E-state index in [0.29, 0.717) is 5.92 Å². The smallest absolute Gasteiger partial charge is 0.238 e. The van der Waals surface area contributed by atoms with E-state index < -0.39 is 0 Å². The molecule has 0 radical (unpaired) electrons. The van der Waals surface area contributed by atoms with E-state index >= 15 is 0 Å². The molecule has 3 rings (SSSR count). The standard InChI is InChI=1S/C13H16N2OS/c16-13(12-7-17-8-15-12)14-6-10-5-9-3-1-2-4-11(9)10/h1-4,10,12,15H,5-8H2,(H,14,16). The first kappa shape index (κ1) is 11.1. The summed E-state index contributed by atoms with van der Waals surface area (Å²) in [6, 6.07) is 8.49. The zero-order valence-electron chi connectivity index (χ0n) is 9.61. The van der Waals surface area contributed by atoms with Gasteiger partial charge in [-0.05, 0) is 17.5 Å². The molecule has 17 heavy (non-hydrogen) atoms. The number of rotatable bonds is 3. The molecule has 1 aliphatic heterocycles. The fourth-order valence-corrected chi connectivity index (χ4v) is 3.40. The van der Waals surface area contributed by atoms with E-state index in [9.17, 15) is 4.79 Å². The van der Waals surface area contributed by atoms with Gasteiger partial charge in [-0.2, -0.15) is 0 Å². The maximum absolute atomic E-state index is 11.8. The lowest BCUT2D eigenvalue weighted by Gasteiger charge is -2.30. The van der Waals surface area contributed by atoms with Gasteiger partial charge in [-0.15, -0.1) is 11.8 Å². The maximum atomic E-state index is 11.8. The van der Waals surface area contributed by atoms with E-state index in [1.165, 1.54) is 11.1 Å². The van der Waals surface area contributed by atoms with Gasteiger partial charge in [-0.1, -0.05) is 24.3 Å². The molecule has 1 aromatic rings. The highest BCUT2D eigenvalue weighted by Crippen LogP contribution is 2.33. The second kappa shape index (κ2) is 4.70. The molecule has 0 bridgehead atoms. The van der Waals surface area contributed by atoms with Crippen LogP contribution in [0, 0.1) is 0 Å². The molecular weight excluding hydrogens is 232 g/mol. The highest BCUT2D eigenvalue weighted by molar-refractivity contribution is 7.99. The van der Waals surface area contributed by atoms with Crippen LogP contribution in [0.2, 0.25) is 0 Å². The number of fused-ring (bicyclic) bond motifs is 1. The van der Waals surface area contributed by atoms with Crippen LogP contribution in [0.1, 0.15) is 17.0 Å². The Morgan fingerprint density at radius 1 is 1.47 bits per heavy atom. The molecule has 1 amide bonds. The Balaban J connectivity index is 1.51. The second-order valence-corrected chi connectivity index (χ2v) is 5.65. The number of hydrogen-bond donors (Lipinski definition) is 2. The molecule has 1 fully saturated rings. The van der Waals surface area contributed by atoms with Crippen molar-refractivity contribution in [3.8, 4) is 0 Å². The minimum atomic E-state index is 0.00956. The quantitative estimate of drug-likeness (QED) is 0.842. The molecule has 3 nitrogen and oxygen atoms in total. The number of benzene rings is 1. The van der Waals surface area contributed by atoms with E-state index in [4.69, 9.17) is 0 Å². The molecule has 2 atom stereocenters. The van der Waals surface area contributed by atoms with Crippen LogP contribution in [0.4, 0.5) is 0 Å². The van der Waals surface area contributed by atoms with Crippen molar-refractivity contribution in [2.24, 2.45) is 0 Å². The molecule has 1 heterocycles. The summed E-state index contributed by atoms with van der Waals surface area (Å²) in [5.74, 6) is 2.46. The lowest BCUT2D eigenvalue weighted by atomic mass is 9.77. The fraction of sp³-hybridized carbons (Fsp3) is 0.462. The first-order valence-corrected chi connectivity index (χ1v) is 7.16. The van der Waals surface area contributed by atoms with Gasteiger partial charge in [0.1, 0.15) is 0 Å². The Labute approximate surface area is 105 Å². The van der Waals surface area contributed by atoms with Crippen LogP contribution in [0.15, 0.2) is 24.3 Å². The van der Waals surface area contributed by atoms with Gasteiger partial charge in [0.05, 0.1) is 6.04 Å². The largest absolute Gasteiger partial charge is 0.354 e. The van der Waals surface area contributed by atoms with Crippen LogP contribution in [-0.4, -0.2) is 30.1 Å². The van der Waals surface area contributed by atoms with Crippen molar-refractivity contribution < 1.29 is 4.79 Å². The topological polar surface area (TPSA) is 41.1 Å². The zero-order valence-corrected chi connectivity index (χ0v) is 10.4. The monoisotopic (exact) mass is 248 g/mol. The molecule has 2 unspecified atom stereocenters. The molecular formula is C13H16N2OS. The van der Waals surface area contributed by atoms with Crippen LogP contribution in [0.3, 0.4) is 0 Å². The van der Waals surface area contributed by atoms with Crippen molar-refractivity contribution in [3.05, 3.63) is 35.4 Å². The van der Waals surface area contributed by atoms with Gasteiger partial charge in [0, 0.05) is 24.1 Å². The van der Waals surface area contributed by atoms with E-state index in [1.807, 2.05) is 0 Å². The molecule has 0 saturated carbocycles. The van der Waals surface area contributed by atoms with Gasteiger partial charge in [-0.3, -0.25) is 10.1 Å². The second-order valence-electron chi connectivity index (χ2n) is 4.62. The van der Waals surface area contributed by atoms with E-state index in [0.717, 1.165) is 24.6 Å². The molecule has 0 spiro atoms. The predicted octanol–water partition coefficient (Wildman–Crippen LogP) is 1.10. The van der Waals surface area contributed by atoms with E-state index in [2.05, 4.69) is 34.9 Å². The third-order valence-corrected chi connectivity index (χ3v) is 4.46. The number of carbonyl (C=O) groups excluding carboxylic acids is 1. The summed E-state index contributed by atoms with van der Waals surface area (Å²) in [6.45, 7) is 0.776. The van der Waals surface area contributed by atoms with E-state index in [1.54, 1.807) is 11.8 Å². The molecule has 1 aliphatic carbocycles. The Morgan fingerprint density at radius 2 is 2.35 bits per heavy atom. The molecule has 1 saturated heterocycles. The Kier molecular flexibility index (Phi) is 3.07. The van der Waals surface area contributed by atoms with Crippen molar-refractivity contribution in [2.75, 3.05) is 18.2 Å². The molecule has 1 aromatic carbocycles. The predicted molar refractivity (Wildman–Crippen MR) is 70.1 cm³/mol. The van der Waals surface area contributed by atoms with Crippen LogP contribution in [0.25, 0.3) is 0 Å². The zero-order chi connectivity index (χ0) is 11.7. The summed E-state index contributed by atoms with van der Waals surface area (Å²) in [7, 11) is 0. The third-order valence-electron chi connectivity index (χ3n) is 3.52. The summed E-state index contributed by atoms with van der Waals surface area (Å²) in [4.78, 5) is 11.8. The Morgan fingerprint density at radius 3 is 3.12 bits per heavy atom. The summed E-state index contributed by atoms with van der Waals surface area (Å²) >= 11 is 1.78. The first-order chi connectivity index (χ1) is 8.34. The first-order valence-electron chi connectivity index (χ1n) is 6.01. The van der Waals surface area contributed by atoms with E-state index in [-0.39, 0.29) is 11.9 Å². The summed E-state index contributed by atoms with van der Waals surface area (Å²) < 4.78 is 0. The van der Waals surface area contributed by atoms with Gasteiger partial charge >= 0.3 is 0 Å². The van der Waals surface area contributed by atoms with Crippen LogP contribution in [-0.2, 0) is 11.2 Å². The SMILES string of the molecule is O=C(NCC1Cc2ccccc21)C1CSCN1. The van der Waals surface area contributed by atoms with Crippen molar-refractivity contribution in [2.45, 2.75) is 18.4 Å². The van der Waals surface area contributed by atoms with Gasteiger partial charge in [0.2, 0.25) is 5.91 Å². The molecule has 2 N–H and O–H groups in total. The van der Waals surface area contributed by atoms with Gasteiger partial charge in [0.15, 0.2) is 0 Å². The molecule has 0 aromatic heterocycles. The van der Waals surface area contributed by atoms with Gasteiger partial charge in [-0.25, -0.2) is 0 Å². The van der Waals surface area contributed by atoms with Crippen LogP contribution >= 0.6 is 11.8 Å². The lowest BCUT2D eigenvalue weighted by Crippen LogP contribution is -2.44. The van der Waals surface area contributed by atoms with Crippen molar-refractivity contribution in [1.29, 1.82) is 0 Å². The number of carbonyl (C=O) groups is 1. The molecule has 90 valence electrons. The highest BCUT2D eigenvalue weighted by atomic mass is 32.2. The van der Waals surface area contributed by atoms with Crippen LogP contribution < -0.4 is 10.6 Å². The highest BCUT2D eigenvalue weighted by Gasteiger charge is 2.27. The number of nitrogens with one attached hydrogen (secondary N) is 2.